The number of aromatic nitrogens is 2. The van der Waals surface area contributed by atoms with E-state index in [9.17, 15) is 4.39 Å². The summed E-state index contributed by atoms with van der Waals surface area (Å²) in [5.41, 5.74) is 6.46. The van der Waals surface area contributed by atoms with Crippen LogP contribution in [-0.4, -0.2) is 49.6 Å². The molecule has 4 rings (SSSR count). The van der Waals surface area contributed by atoms with Crippen molar-refractivity contribution in [3.8, 4) is 23.1 Å². The molecule has 1 aromatic heterocycles. The lowest BCUT2D eigenvalue weighted by Crippen LogP contribution is -2.15. The molecule has 152 valence electrons. The van der Waals surface area contributed by atoms with Crippen molar-refractivity contribution in [2.24, 2.45) is 0 Å². The van der Waals surface area contributed by atoms with Gasteiger partial charge in [-0.05, 0) is 18.2 Å². The summed E-state index contributed by atoms with van der Waals surface area (Å²) in [6, 6.07) is 7.62. The Balaban J connectivity index is 1.68. The van der Waals surface area contributed by atoms with Gasteiger partial charge in [-0.15, -0.1) is 0 Å². The number of nitrogen functional groups attached to an aromatic ring is 1. The second-order valence-electron chi connectivity index (χ2n) is 6.21. The van der Waals surface area contributed by atoms with Gasteiger partial charge in [0.15, 0.2) is 23.1 Å². The molecule has 3 aromatic rings. The number of nitrogens with zero attached hydrogens (tertiary/aromatic N) is 2. The van der Waals surface area contributed by atoms with Gasteiger partial charge in [-0.1, -0.05) is 0 Å². The fourth-order valence-corrected chi connectivity index (χ4v) is 2.79. The number of rotatable bonds is 2. The maximum atomic E-state index is 14.1. The van der Waals surface area contributed by atoms with E-state index in [4.69, 9.17) is 29.4 Å². The van der Waals surface area contributed by atoms with Gasteiger partial charge in [0.2, 0.25) is 5.88 Å². The van der Waals surface area contributed by atoms with Crippen LogP contribution in [0, 0.1) is 5.82 Å². The van der Waals surface area contributed by atoms with Gasteiger partial charge in [0, 0.05) is 17.8 Å². The number of hydrogen-bond donors (Lipinski definition) is 1. The standard InChI is InChI=1S/C20H20FN3O5/c21-15-9-13(22)1-2-17(15)29-20-14-10-18-19(11-16(14)23-12-24-20)28-8-6-26-4-3-25-5-7-27-18/h1-2,9-12H,3-8,22H2. The van der Waals surface area contributed by atoms with Crippen LogP contribution >= 0.6 is 0 Å². The summed E-state index contributed by atoms with van der Waals surface area (Å²) < 4.78 is 42.3. The molecule has 1 aliphatic rings. The van der Waals surface area contributed by atoms with E-state index in [0.29, 0.717) is 67.7 Å². The van der Waals surface area contributed by atoms with Gasteiger partial charge < -0.3 is 29.4 Å². The van der Waals surface area contributed by atoms with Crippen LogP contribution in [0.25, 0.3) is 10.9 Å². The molecule has 2 heterocycles. The lowest BCUT2D eigenvalue weighted by Gasteiger charge is -2.16. The smallest absolute Gasteiger partial charge is 0.230 e. The van der Waals surface area contributed by atoms with Crippen LogP contribution in [0.3, 0.4) is 0 Å². The van der Waals surface area contributed by atoms with Crippen molar-refractivity contribution in [3.63, 3.8) is 0 Å². The van der Waals surface area contributed by atoms with Gasteiger partial charge in [-0.2, -0.15) is 0 Å². The SMILES string of the molecule is Nc1ccc(Oc2ncnc3cc4c(cc23)OCCOCCOCCO4)c(F)c1. The Morgan fingerprint density at radius 3 is 2.28 bits per heavy atom. The van der Waals surface area contributed by atoms with E-state index in [2.05, 4.69) is 9.97 Å². The fourth-order valence-electron chi connectivity index (χ4n) is 2.79. The van der Waals surface area contributed by atoms with Crippen LogP contribution in [-0.2, 0) is 9.47 Å². The number of nitrogens with two attached hydrogens (primary N) is 1. The molecule has 2 aromatic carbocycles. The third-order valence-electron chi connectivity index (χ3n) is 4.17. The highest BCUT2D eigenvalue weighted by Crippen LogP contribution is 2.36. The molecule has 1 aliphatic heterocycles. The summed E-state index contributed by atoms with van der Waals surface area (Å²) in [5, 5.41) is 0.551. The largest absolute Gasteiger partial charge is 0.487 e. The normalized spacial score (nSPS) is 15.3. The quantitative estimate of drug-likeness (QED) is 0.655. The molecule has 0 saturated heterocycles. The first-order valence-electron chi connectivity index (χ1n) is 9.13. The van der Waals surface area contributed by atoms with Crippen LogP contribution in [0.4, 0.5) is 10.1 Å². The molecular formula is C20H20FN3O5. The van der Waals surface area contributed by atoms with Crippen molar-refractivity contribution < 1.29 is 28.1 Å². The Kier molecular flexibility index (Phi) is 5.87. The van der Waals surface area contributed by atoms with Crippen LogP contribution in [0.15, 0.2) is 36.7 Å². The van der Waals surface area contributed by atoms with Crippen molar-refractivity contribution in [1.82, 2.24) is 9.97 Å². The van der Waals surface area contributed by atoms with Crippen LogP contribution < -0.4 is 19.9 Å². The van der Waals surface area contributed by atoms with Crippen molar-refractivity contribution in [3.05, 3.63) is 42.5 Å². The van der Waals surface area contributed by atoms with E-state index in [1.807, 2.05) is 0 Å². The Bertz CT molecular complexity index is 1000. The lowest BCUT2D eigenvalue weighted by molar-refractivity contribution is 0.0224. The highest BCUT2D eigenvalue weighted by molar-refractivity contribution is 5.87. The van der Waals surface area contributed by atoms with Gasteiger partial charge in [0.05, 0.1) is 37.3 Å². The molecule has 0 spiro atoms. The number of ether oxygens (including phenoxy) is 5. The van der Waals surface area contributed by atoms with Crippen LogP contribution in [0.5, 0.6) is 23.1 Å². The van der Waals surface area contributed by atoms with E-state index >= 15 is 0 Å². The van der Waals surface area contributed by atoms with Gasteiger partial charge >= 0.3 is 0 Å². The third-order valence-corrected chi connectivity index (χ3v) is 4.17. The van der Waals surface area contributed by atoms with Crippen molar-refractivity contribution in [2.75, 3.05) is 45.4 Å². The predicted molar refractivity (Wildman–Crippen MR) is 103 cm³/mol. The first kappa shape index (κ1) is 19.2. The monoisotopic (exact) mass is 401 g/mol. The highest BCUT2D eigenvalue weighted by Gasteiger charge is 2.15. The lowest BCUT2D eigenvalue weighted by atomic mass is 10.2. The highest BCUT2D eigenvalue weighted by atomic mass is 19.1. The average Bonchev–Trinajstić information content (AvgIpc) is 2.70. The van der Waals surface area contributed by atoms with E-state index in [0.717, 1.165) is 0 Å². The summed E-state index contributed by atoms with van der Waals surface area (Å²) in [5.74, 6) is 0.620. The summed E-state index contributed by atoms with van der Waals surface area (Å²) in [6.45, 7) is 2.52. The van der Waals surface area contributed by atoms with E-state index < -0.39 is 5.82 Å². The molecule has 0 atom stereocenters. The minimum absolute atomic E-state index is 0.00897. The van der Waals surface area contributed by atoms with Gasteiger partial charge in [-0.3, -0.25) is 0 Å². The molecule has 2 N–H and O–H groups in total. The first-order chi connectivity index (χ1) is 14.2. The van der Waals surface area contributed by atoms with Crippen LogP contribution in [0.2, 0.25) is 0 Å². The number of anilines is 1. The molecule has 29 heavy (non-hydrogen) atoms. The molecule has 0 saturated carbocycles. The number of fused-ring (bicyclic) bond motifs is 2. The average molecular weight is 401 g/mol. The number of benzene rings is 2. The molecule has 0 unspecified atom stereocenters. The van der Waals surface area contributed by atoms with E-state index in [-0.39, 0.29) is 11.6 Å². The second-order valence-corrected chi connectivity index (χ2v) is 6.21. The molecule has 8 nitrogen and oxygen atoms in total. The van der Waals surface area contributed by atoms with Crippen molar-refractivity contribution in [1.29, 1.82) is 0 Å². The molecule has 9 heteroatoms. The predicted octanol–water partition coefficient (Wildman–Crippen LogP) is 2.95. The maximum absolute atomic E-state index is 14.1. The summed E-state index contributed by atoms with van der Waals surface area (Å²) in [6.07, 6.45) is 1.34. The summed E-state index contributed by atoms with van der Waals surface area (Å²) >= 11 is 0. The molecule has 0 fully saturated rings. The fraction of sp³-hybridized carbons (Fsp3) is 0.300. The van der Waals surface area contributed by atoms with E-state index in [1.54, 1.807) is 18.2 Å². The van der Waals surface area contributed by atoms with Crippen molar-refractivity contribution in [2.45, 2.75) is 0 Å². The van der Waals surface area contributed by atoms with Crippen LogP contribution in [0.1, 0.15) is 0 Å². The molecule has 0 bridgehead atoms. The van der Waals surface area contributed by atoms with Crippen molar-refractivity contribution >= 4 is 16.6 Å². The molecule has 0 aliphatic carbocycles. The van der Waals surface area contributed by atoms with Gasteiger partial charge in [-0.25, -0.2) is 14.4 Å². The Labute approximate surface area is 166 Å². The first-order valence-corrected chi connectivity index (χ1v) is 9.13. The molecular weight excluding hydrogens is 381 g/mol. The zero-order chi connectivity index (χ0) is 20.1. The minimum atomic E-state index is -0.584. The number of hydrogen-bond acceptors (Lipinski definition) is 8. The Hall–Kier alpha value is -3.17. The summed E-state index contributed by atoms with van der Waals surface area (Å²) in [7, 11) is 0. The zero-order valence-electron chi connectivity index (χ0n) is 15.6. The third kappa shape index (κ3) is 4.64. The van der Waals surface area contributed by atoms with Gasteiger partial charge in [0.1, 0.15) is 19.5 Å². The van der Waals surface area contributed by atoms with Gasteiger partial charge in [0.25, 0.3) is 0 Å². The minimum Gasteiger partial charge on any atom is -0.487 e. The zero-order valence-corrected chi connectivity index (χ0v) is 15.6. The summed E-state index contributed by atoms with van der Waals surface area (Å²) in [4.78, 5) is 8.41. The number of halogens is 1. The molecule has 0 radical (unpaired) electrons. The molecule has 0 amide bonds. The second kappa shape index (κ2) is 8.89. The maximum Gasteiger partial charge on any atom is 0.230 e. The Morgan fingerprint density at radius 2 is 1.55 bits per heavy atom. The topological polar surface area (TPSA) is 98.0 Å². The van der Waals surface area contributed by atoms with E-state index in [1.165, 1.54) is 18.5 Å². The Morgan fingerprint density at radius 1 is 0.862 bits per heavy atom.